The van der Waals surface area contributed by atoms with Gasteiger partial charge in [-0.2, -0.15) is 0 Å². The average molecular weight is 432 g/mol. The van der Waals surface area contributed by atoms with Gasteiger partial charge in [-0.15, -0.1) is 0 Å². The molecule has 1 fully saturated rings. The number of nitrogens with zero attached hydrogens (tertiary/aromatic N) is 3. The van der Waals surface area contributed by atoms with Crippen LogP contribution in [0.1, 0.15) is 52.2 Å². The average Bonchev–Trinajstić information content (AvgIpc) is 3.18. The molecule has 1 heterocycles. The maximum Gasteiger partial charge on any atom is 0.410 e. The van der Waals surface area contributed by atoms with Gasteiger partial charge in [-0.05, 0) is 64.3 Å². The van der Waals surface area contributed by atoms with Crippen LogP contribution in [-0.2, 0) is 17.8 Å². The van der Waals surface area contributed by atoms with Crippen LogP contribution in [-0.4, -0.2) is 67.2 Å². The van der Waals surface area contributed by atoms with Crippen LogP contribution in [0.4, 0.5) is 4.79 Å². The quantitative estimate of drug-likeness (QED) is 0.487. The zero-order valence-electron chi connectivity index (χ0n) is 20.2. The van der Waals surface area contributed by atoms with Gasteiger partial charge in [0.2, 0.25) is 0 Å². The van der Waals surface area contributed by atoms with Crippen molar-refractivity contribution in [2.24, 2.45) is 10.9 Å². The van der Waals surface area contributed by atoms with Crippen LogP contribution in [0.15, 0.2) is 29.3 Å². The van der Waals surface area contributed by atoms with Crippen molar-refractivity contribution >= 4 is 12.1 Å². The molecule has 31 heavy (non-hydrogen) atoms. The predicted octanol–water partition coefficient (Wildman–Crippen LogP) is 3.45. The molecule has 0 saturated carbocycles. The third-order valence-corrected chi connectivity index (χ3v) is 5.29. The Morgan fingerprint density at radius 3 is 2.45 bits per heavy atom. The summed E-state index contributed by atoms with van der Waals surface area (Å²) in [6.45, 7) is 16.4. The molecular formula is C24H41N5O2. The summed E-state index contributed by atoms with van der Waals surface area (Å²) in [7, 11) is 1.75. The van der Waals surface area contributed by atoms with E-state index < -0.39 is 5.60 Å². The minimum atomic E-state index is -0.487. The van der Waals surface area contributed by atoms with Gasteiger partial charge in [-0.1, -0.05) is 31.2 Å². The monoisotopic (exact) mass is 431 g/mol. The lowest BCUT2D eigenvalue weighted by molar-refractivity contribution is 0.0285. The maximum absolute atomic E-state index is 12.1. The highest BCUT2D eigenvalue weighted by atomic mass is 16.6. The van der Waals surface area contributed by atoms with E-state index in [1.165, 1.54) is 19.5 Å². The lowest BCUT2D eigenvalue weighted by Crippen LogP contribution is -2.40. The number of likely N-dealkylation sites (tertiary alicyclic amines) is 1. The van der Waals surface area contributed by atoms with E-state index in [0.717, 1.165) is 36.7 Å². The third kappa shape index (κ3) is 9.17. The first-order valence-electron chi connectivity index (χ1n) is 11.5. The van der Waals surface area contributed by atoms with Crippen molar-refractivity contribution in [3.8, 4) is 0 Å². The Morgan fingerprint density at radius 2 is 1.87 bits per heavy atom. The number of ether oxygens (including phenoxy) is 1. The van der Waals surface area contributed by atoms with Gasteiger partial charge in [0.05, 0.1) is 6.54 Å². The van der Waals surface area contributed by atoms with Gasteiger partial charge in [0.25, 0.3) is 0 Å². The van der Waals surface area contributed by atoms with Gasteiger partial charge in [0, 0.05) is 33.2 Å². The van der Waals surface area contributed by atoms with E-state index in [9.17, 15) is 4.79 Å². The molecular weight excluding hydrogens is 390 g/mol. The van der Waals surface area contributed by atoms with Gasteiger partial charge in [-0.3, -0.25) is 0 Å². The van der Waals surface area contributed by atoms with Crippen molar-refractivity contribution in [3.05, 3.63) is 35.4 Å². The molecule has 1 amide bonds. The summed E-state index contributed by atoms with van der Waals surface area (Å²) >= 11 is 0. The van der Waals surface area contributed by atoms with Gasteiger partial charge in [-0.25, -0.2) is 9.79 Å². The Kier molecular flexibility index (Phi) is 9.62. The number of carbonyl (C=O) groups excluding carboxylic acids is 1. The van der Waals surface area contributed by atoms with E-state index in [2.05, 4.69) is 41.5 Å². The first-order valence-corrected chi connectivity index (χ1v) is 11.5. The number of nitrogens with one attached hydrogen (secondary N) is 2. The molecule has 1 aromatic carbocycles. The number of hydrogen-bond donors (Lipinski definition) is 2. The van der Waals surface area contributed by atoms with Crippen LogP contribution < -0.4 is 10.6 Å². The topological polar surface area (TPSA) is 69.2 Å². The number of aliphatic imine (C=N–C) groups is 1. The Labute approximate surface area is 188 Å². The van der Waals surface area contributed by atoms with Crippen LogP contribution in [0.5, 0.6) is 0 Å². The molecule has 7 nitrogen and oxygen atoms in total. The number of hydrogen-bond acceptors (Lipinski definition) is 4. The predicted molar refractivity (Wildman–Crippen MR) is 127 cm³/mol. The van der Waals surface area contributed by atoms with Crippen LogP contribution in [0, 0.1) is 5.92 Å². The van der Waals surface area contributed by atoms with E-state index in [1.54, 1.807) is 11.9 Å². The molecule has 174 valence electrons. The molecule has 2 rings (SSSR count). The molecule has 1 atom stereocenters. The Bertz CT molecular complexity index is 712. The van der Waals surface area contributed by atoms with E-state index >= 15 is 0 Å². The molecule has 1 saturated heterocycles. The number of rotatable bonds is 8. The summed E-state index contributed by atoms with van der Waals surface area (Å²) in [5.41, 5.74) is 1.71. The Balaban J connectivity index is 1.85. The zero-order valence-corrected chi connectivity index (χ0v) is 20.2. The molecule has 1 aromatic rings. The van der Waals surface area contributed by atoms with E-state index in [4.69, 9.17) is 9.73 Å². The number of carbonyl (C=O) groups is 1. The van der Waals surface area contributed by atoms with Crippen LogP contribution >= 0.6 is 0 Å². The highest BCUT2D eigenvalue weighted by Crippen LogP contribution is 2.15. The molecule has 1 aliphatic rings. The summed E-state index contributed by atoms with van der Waals surface area (Å²) in [5, 5.41) is 6.84. The zero-order chi connectivity index (χ0) is 22.9. The number of guanidine groups is 1. The first kappa shape index (κ1) is 25.0. The number of benzene rings is 1. The fraction of sp³-hybridized carbons (Fsp3) is 0.667. The Hall–Kier alpha value is -2.28. The van der Waals surface area contributed by atoms with Gasteiger partial charge >= 0.3 is 6.09 Å². The van der Waals surface area contributed by atoms with Crippen LogP contribution in [0.2, 0.25) is 0 Å². The van der Waals surface area contributed by atoms with Gasteiger partial charge in [0.15, 0.2) is 5.96 Å². The molecule has 0 spiro atoms. The van der Waals surface area contributed by atoms with Crippen molar-refractivity contribution < 1.29 is 9.53 Å². The van der Waals surface area contributed by atoms with Gasteiger partial charge in [0.1, 0.15) is 5.60 Å². The second-order valence-electron chi connectivity index (χ2n) is 9.28. The SMILES string of the molecule is CCNC(=NCc1ccc(CN(C)C(=O)OC(C)(C)C)cc1)NCC1CCN(CC)C1. The maximum atomic E-state index is 12.1. The highest BCUT2D eigenvalue weighted by Gasteiger charge is 2.21. The molecule has 0 radical (unpaired) electrons. The first-order chi connectivity index (χ1) is 14.7. The highest BCUT2D eigenvalue weighted by molar-refractivity contribution is 5.79. The summed E-state index contributed by atoms with van der Waals surface area (Å²) in [6.07, 6.45) is 0.936. The van der Waals surface area contributed by atoms with Crippen molar-refractivity contribution in [2.45, 2.75) is 59.7 Å². The summed E-state index contributed by atoms with van der Waals surface area (Å²) in [6, 6.07) is 8.23. The van der Waals surface area contributed by atoms with Gasteiger partial charge < -0.3 is 25.2 Å². The smallest absolute Gasteiger partial charge is 0.410 e. The molecule has 0 aromatic heterocycles. The fourth-order valence-corrected chi connectivity index (χ4v) is 3.55. The molecule has 0 aliphatic carbocycles. The molecule has 2 N–H and O–H groups in total. The minimum absolute atomic E-state index is 0.313. The molecule has 1 aliphatic heterocycles. The lowest BCUT2D eigenvalue weighted by Gasteiger charge is -2.24. The standard InChI is InChI=1S/C24H41N5O2/c1-7-25-22(27-16-21-13-14-29(8-2)18-21)26-15-19-9-11-20(12-10-19)17-28(6)23(30)31-24(3,4)5/h9-12,21H,7-8,13-18H2,1-6H3,(H2,25,26,27). The second kappa shape index (κ2) is 11.9. The Morgan fingerprint density at radius 1 is 1.19 bits per heavy atom. The molecule has 7 heteroatoms. The van der Waals surface area contributed by atoms with Crippen molar-refractivity contribution in [3.63, 3.8) is 0 Å². The van der Waals surface area contributed by atoms with E-state index in [1.807, 2.05) is 32.9 Å². The third-order valence-electron chi connectivity index (χ3n) is 5.29. The van der Waals surface area contributed by atoms with Crippen molar-refractivity contribution in [2.75, 3.05) is 39.8 Å². The largest absolute Gasteiger partial charge is 0.444 e. The lowest BCUT2D eigenvalue weighted by atomic mass is 10.1. The normalized spacial score (nSPS) is 17.5. The van der Waals surface area contributed by atoms with Crippen LogP contribution in [0.25, 0.3) is 0 Å². The fourth-order valence-electron chi connectivity index (χ4n) is 3.55. The van der Waals surface area contributed by atoms with E-state index in [0.29, 0.717) is 19.0 Å². The van der Waals surface area contributed by atoms with Crippen molar-refractivity contribution in [1.29, 1.82) is 0 Å². The van der Waals surface area contributed by atoms with Crippen molar-refractivity contribution in [1.82, 2.24) is 20.4 Å². The van der Waals surface area contributed by atoms with Crippen LogP contribution in [0.3, 0.4) is 0 Å². The van der Waals surface area contributed by atoms with E-state index in [-0.39, 0.29) is 6.09 Å². The minimum Gasteiger partial charge on any atom is -0.444 e. The number of amides is 1. The molecule has 0 bridgehead atoms. The summed E-state index contributed by atoms with van der Waals surface area (Å²) in [4.78, 5) is 21.0. The summed E-state index contributed by atoms with van der Waals surface area (Å²) < 4.78 is 5.41. The second-order valence-corrected chi connectivity index (χ2v) is 9.28. The summed E-state index contributed by atoms with van der Waals surface area (Å²) in [5.74, 6) is 1.55. The molecule has 1 unspecified atom stereocenters.